The van der Waals surface area contributed by atoms with Gasteiger partial charge in [-0.25, -0.2) is 0 Å². The first-order valence-corrected chi connectivity index (χ1v) is 10.9. The Balaban J connectivity index is 1.95. The van der Waals surface area contributed by atoms with Crippen molar-refractivity contribution < 1.29 is 14.5 Å². The summed E-state index contributed by atoms with van der Waals surface area (Å²) in [5.41, 5.74) is 0. The molecule has 0 aliphatic rings. The summed E-state index contributed by atoms with van der Waals surface area (Å²) in [6.45, 7) is 3.91. The van der Waals surface area contributed by atoms with Gasteiger partial charge in [-0.2, -0.15) is 0 Å². The van der Waals surface area contributed by atoms with Gasteiger partial charge in [0.1, 0.15) is 6.20 Å². The lowest BCUT2D eigenvalue weighted by Crippen LogP contribution is -2.10. The van der Waals surface area contributed by atoms with Crippen molar-refractivity contribution in [2.24, 2.45) is 0 Å². The number of carbonyl (C=O) groups is 1. The number of carbonyl (C=O) groups excluding carboxylic acids is 1. The van der Waals surface area contributed by atoms with Crippen LogP contribution in [0, 0.1) is 10.1 Å². The molecule has 0 radical (unpaired) electrons. The lowest BCUT2D eigenvalue weighted by molar-refractivity contribution is -0.389. The number of hydrogen-bond acceptors (Lipinski definition) is 5. The third-order valence-corrected chi connectivity index (χ3v) is 4.95. The van der Waals surface area contributed by atoms with E-state index >= 15 is 0 Å². The van der Waals surface area contributed by atoms with Crippen LogP contribution in [0.1, 0.15) is 116 Å². The van der Waals surface area contributed by atoms with Gasteiger partial charge in [-0.3, -0.25) is 4.79 Å². The molecule has 0 aliphatic heterocycles. The van der Waals surface area contributed by atoms with Gasteiger partial charge in [-0.1, -0.05) is 84.0 Å². The Bertz CT molecular complexity index is 560. The first-order chi connectivity index (χ1) is 13.5. The predicted octanol–water partition coefficient (Wildman–Crippen LogP) is 6.40. The Morgan fingerprint density at radius 2 is 1.54 bits per heavy atom. The zero-order valence-electron chi connectivity index (χ0n) is 17.6. The van der Waals surface area contributed by atoms with Crippen LogP contribution in [0.5, 0.6) is 0 Å². The molecular weight excluding hydrogens is 358 g/mol. The summed E-state index contributed by atoms with van der Waals surface area (Å²) in [6.07, 6.45) is 17.4. The van der Waals surface area contributed by atoms with Crippen molar-refractivity contribution in [1.82, 2.24) is 9.97 Å². The number of imidazole rings is 1. The molecule has 0 fully saturated rings. The van der Waals surface area contributed by atoms with Crippen LogP contribution in [0.3, 0.4) is 0 Å². The molecule has 1 heterocycles. The molecule has 1 aromatic heterocycles. The van der Waals surface area contributed by atoms with Crippen LogP contribution in [0.4, 0.5) is 5.82 Å². The van der Waals surface area contributed by atoms with Crippen LogP contribution in [-0.4, -0.2) is 20.9 Å². The molecule has 7 heteroatoms. The first-order valence-electron chi connectivity index (χ1n) is 10.9. The molecule has 0 bridgehead atoms. The third-order valence-electron chi connectivity index (χ3n) is 4.95. The second kappa shape index (κ2) is 15.1. The summed E-state index contributed by atoms with van der Waals surface area (Å²) in [5.74, 6) is -0.255. The molecule has 0 aliphatic carbocycles. The maximum absolute atomic E-state index is 11.9. The smallest absolute Gasteiger partial charge is 0.381 e. The first kappa shape index (κ1) is 24.1. The van der Waals surface area contributed by atoms with E-state index < -0.39 is 11.0 Å². The monoisotopic (exact) mass is 395 g/mol. The van der Waals surface area contributed by atoms with Crippen molar-refractivity contribution in [1.29, 1.82) is 0 Å². The fraction of sp³-hybridized carbons (Fsp3) is 0.810. The lowest BCUT2D eigenvalue weighted by atomic mass is 10.0. The number of nitro groups is 1. The molecule has 0 aromatic carbocycles. The summed E-state index contributed by atoms with van der Waals surface area (Å²) in [6, 6.07) is 0. The van der Waals surface area contributed by atoms with Gasteiger partial charge in [-0.05, 0) is 23.3 Å². The minimum atomic E-state index is -0.608. The van der Waals surface area contributed by atoms with Gasteiger partial charge < -0.3 is 19.8 Å². The summed E-state index contributed by atoms with van der Waals surface area (Å²) >= 11 is 0. The highest BCUT2D eigenvalue weighted by molar-refractivity contribution is 5.69. The van der Waals surface area contributed by atoms with Crippen LogP contribution in [0.2, 0.25) is 0 Å². The van der Waals surface area contributed by atoms with E-state index in [1.165, 1.54) is 70.4 Å². The average Bonchev–Trinajstić information content (AvgIpc) is 3.16. The van der Waals surface area contributed by atoms with Gasteiger partial charge in [-0.15, -0.1) is 0 Å². The largest absolute Gasteiger partial charge is 0.452 e. The third kappa shape index (κ3) is 11.0. The Hall–Kier alpha value is -1.92. The van der Waals surface area contributed by atoms with Crippen molar-refractivity contribution in [2.45, 2.75) is 110 Å². The number of nitrogens with zero attached hydrogens (tertiary/aromatic N) is 2. The van der Waals surface area contributed by atoms with Gasteiger partial charge in [0.2, 0.25) is 0 Å². The lowest BCUT2D eigenvalue weighted by Gasteiger charge is -2.08. The number of nitrogens with one attached hydrogen (secondary N) is 1. The molecular formula is C21H37N3O4. The molecule has 0 saturated heterocycles. The predicted molar refractivity (Wildman–Crippen MR) is 110 cm³/mol. The normalized spacial score (nSPS) is 12.1. The van der Waals surface area contributed by atoms with Crippen LogP contribution < -0.4 is 0 Å². The Morgan fingerprint density at radius 1 is 1.04 bits per heavy atom. The molecule has 1 unspecified atom stereocenters. The van der Waals surface area contributed by atoms with E-state index in [9.17, 15) is 14.9 Å². The summed E-state index contributed by atoms with van der Waals surface area (Å²) in [4.78, 5) is 28.4. The van der Waals surface area contributed by atoms with Gasteiger partial charge in [0.15, 0.2) is 6.10 Å². The molecule has 1 N–H and O–H groups in total. The van der Waals surface area contributed by atoms with Crippen molar-refractivity contribution >= 4 is 11.8 Å². The number of H-pyrrole nitrogens is 1. The molecule has 1 atom stereocenters. The average molecular weight is 396 g/mol. The van der Waals surface area contributed by atoms with E-state index in [1.807, 2.05) is 0 Å². The summed E-state index contributed by atoms with van der Waals surface area (Å²) in [7, 11) is 0. The van der Waals surface area contributed by atoms with Crippen molar-refractivity contribution in [3.63, 3.8) is 0 Å². The molecule has 0 amide bonds. The van der Waals surface area contributed by atoms with Crippen LogP contribution in [0.25, 0.3) is 0 Å². The number of rotatable bonds is 17. The minimum absolute atomic E-state index is 0.269. The number of unbranched alkanes of at least 4 members (excludes halogenated alkanes) is 12. The zero-order valence-corrected chi connectivity index (χ0v) is 17.6. The van der Waals surface area contributed by atoms with Gasteiger partial charge >= 0.3 is 11.8 Å². The highest BCUT2D eigenvalue weighted by Crippen LogP contribution is 2.18. The SMILES string of the molecule is CCCCCCCCCCCCCCCC(=O)OC(C)c1nc([N+](=O)[O-])c[nH]1. The van der Waals surface area contributed by atoms with E-state index in [0.29, 0.717) is 12.2 Å². The fourth-order valence-corrected chi connectivity index (χ4v) is 3.23. The Kier molecular flexibility index (Phi) is 13.0. The van der Waals surface area contributed by atoms with Gasteiger partial charge in [0.05, 0.1) is 0 Å². The molecule has 7 nitrogen and oxygen atoms in total. The molecule has 160 valence electrons. The minimum Gasteiger partial charge on any atom is -0.452 e. The number of ether oxygens (including phenoxy) is 1. The van der Waals surface area contributed by atoms with Gasteiger partial charge in [0, 0.05) is 6.42 Å². The van der Waals surface area contributed by atoms with Crippen molar-refractivity contribution in [3.05, 3.63) is 22.1 Å². The number of esters is 1. The number of aromatic amines is 1. The van der Waals surface area contributed by atoms with E-state index in [0.717, 1.165) is 19.3 Å². The highest BCUT2D eigenvalue weighted by Gasteiger charge is 2.21. The van der Waals surface area contributed by atoms with Crippen molar-refractivity contribution in [3.8, 4) is 0 Å². The van der Waals surface area contributed by atoms with Crippen molar-refractivity contribution in [2.75, 3.05) is 0 Å². The van der Waals surface area contributed by atoms with Crippen LogP contribution >= 0.6 is 0 Å². The van der Waals surface area contributed by atoms with E-state index in [2.05, 4.69) is 16.9 Å². The standard InChI is InChI=1S/C21H37N3O4/c1-3-4-5-6-7-8-9-10-11-12-13-14-15-16-20(25)28-18(2)21-22-17-19(23-21)24(26)27/h17-18H,3-16H2,1-2H3,(H,22,23). The second-order valence-electron chi connectivity index (χ2n) is 7.53. The second-order valence-corrected chi connectivity index (χ2v) is 7.53. The maximum Gasteiger partial charge on any atom is 0.381 e. The number of hydrogen-bond donors (Lipinski definition) is 1. The summed E-state index contributed by atoms with van der Waals surface area (Å²) in [5, 5.41) is 10.6. The van der Waals surface area contributed by atoms with E-state index in [4.69, 9.17) is 4.74 Å². The summed E-state index contributed by atoms with van der Waals surface area (Å²) < 4.78 is 5.28. The van der Waals surface area contributed by atoms with E-state index in [1.54, 1.807) is 6.92 Å². The molecule has 1 rings (SSSR count). The van der Waals surface area contributed by atoms with Gasteiger partial charge in [0.25, 0.3) is 5.82 Å². The maximum atomic E-state index is 11.9. The van der Waals surface area contributed by atoms with Crippen LogP contribution in [0.15, 0.2) is 6.20 Å². The Labute approximate surface area is 168 Å². The number of aromatic nitrogens is 2. The van der Waals surface area contributed by atoms with Crippen LogP contribution in [-0.2, 0) is 9.53 Å². The Morgan fingerprint density at radius 3 is 2.00 bits per heavy atom. The molecule has 0 spiro atoms. The quantitative estimate of drug-likeness (QED) is 0.142. The molecule has 1 aromatic rings. The van der Waals surface area contributed by atoms with E-state index in [-0.39, 0.29) is 11.8 Å². The topological polar surface area (TPSA) is 98.1 Å². The molecule has 28 heavy (non-hydrogen) atoms. The fourth-order valence-electron chi connectivity index (χ4n) is 3.23. The highest BCUT2D eigenvalue weighted by atomic mass is 16.6. The molecule has 0 saturated carbocycles. The zero-order chi connectivity index (χ0) is 20.6.